The zero-order chi connectivity index (χ0) is 25.7. The quantitative estimate of drug-likeness (QED) is 0.351. The number of aromatic nitrogens is 2. The molecule has 4 rings (SSSR count). The van der Waals surface area contributed by atoms with Gasteiger partial charge < -0.3 is 9.47 Å². The molecule has 1 amide bonds. The molecule has 0 radical (unpaired) electrons. The number of methoxy groups -OCH3 is 1. The van der Waals surface area contributed by atoms with Crippen LogP contribution in [-0.4, -0.2) is 29.0 Å². The zero-order valence-electron chi connectivity index (χ0n) is 20.9. The maximum absolute atomic E-state index is 12.7. The Morgan fingerprint density at radius 3 is 2.47 bits per heavy atom. The molecule has 1 N–H and O–H groups in total. The van der Waals surface area contributed by atoms with E-state index in [-0.39, 0.29) is 5.97 Å². The number of hydrogen-bond donors (Lipinski definition) is 1. The molecule has 3 aromatic rings. The first-order valence-corrected chi connectivity index (χ1v) is 12.6. The van der Waals surface area contributed by atoms with Crippen LogP contribution in [0.2, 0.25) is 5.02 Å². The number of nitrogens with one attached hydrogen (secondary N) is 1. The van der Waals surface area contributed by atoms with E-state index in [2.05, 4.69) is 34.7 Å². The smallest absolute Gasteiger partial charge is 0.413 e. The predicted octanol–water partition coefficient (Wildman–Crippen LogP) is 6.89. The van der Waals surface area contributed by atoms with Gasteiger partial charge in [0, 0.05) is 29.6 Å². The van der Waals surface area contributed by atoms with Gasteiger partial charge in [-0.2, -0.15) is 5.10 Å². The van der Waals surface area contributed by atoms with Crippen LogP contribution in [0.3, 0.4) is 0 Å². The number of ether oxygens (including phenoxy) is 2. The SMILES string of the molecule is COC(=O)CC1CCC(c2ccc(-c3cnn(C)c3NC(=O)OC(C)c3ccccc3Cl)cc2)CC1. The van der Waals surface area contributed by atoms with Crippen molar-refractivity contribution in [2.45, 2.75) is 51.0 Å². The van der Waals surface area contributed by atoms with E-state index in [0.717, 1.165) is 42.4 Å². The molecule has 1 heterocycles. The van der Waals surface area contributed by atoms with E-state index in [0.29, 0.717) is 29.1 Å². The second-order valence-electron chi connectivity index (χ2n) is 9.34. The van der Waals surface area contributed by atoms with E-state index in [1.165, 1.54) is 12.7 Å². The van der Waals surface area contributed by atoms with E-state index in [9.17, 15) is 9.59 Å². The van der Waals surface area contributed by atoms with Gasteiger partial charge in [-0.3, -0.25) is 14.8 Å². The lowest BCUT2D eigenvalue weighted by Crippen LogP contribution is -2.18. The second-order valence-corrected chi connectivity index (χ2v) is 9.75. The van der Waals surface area contributed by atoms with Gasteiger partial charge in [-0.15, -0.1) is 0 Å². The molecule has 0 bridgehead atoms. The lowest BCUT2D eigenvalue weighted by Gasteiger charge is -2.28. The van der Waals surface area contributed by atoms with Gasteiger partial charge in [-0.05, 0) is 61.6 Å². The molecule has 1 unspecified atom stereocenters. The molecule has 1 atom stereocenters. The molecule has 190 valence electrons. The van der Waals surface area contributed by atoms with Gasteiger partial charge in [0.05, 0.1) is 13.3 Å². The Hall–Kier alpha value is -3.32. The first kappa shape index (κ1) is 25.8. The minimum absolute atomic E-state index is 0.120. The Kier molecular flexibility index (Phi) is 8.31. The molecular formula is C28H32ClN3O4. The number of anilines is 1. The summed E-state index contributed by atoms with van der Waals surface area (Å²) in [5.41, 5.74) is 3.81. The third-order valence-corrected chi connectivity index (χ3v) is 7.35. The highest BCUT2D eigenvalue weighted by atomic mass is 35.5. The molecule has 7 nitrogen and oxygen atoms in total. The van der Waals surface area contributed by atoms with E-state index in [4.69, 9.17) is 21.1 Å². The van der Waals surface area contributed by atoms with E-state index in [1.807, 2.05) is 18.2 Å². The highest BCUT2D eigenvalue weighted by Crippen LogP contribution is 2.38. The average molecular weight is 510 g/mol. The molecule has 2 aromatic carbocycles. The number of rotatable bonds is 7. The third-order valence-electron chi connectivity index (χ3n) is 7.01. The number of esters is 1. The van der Waals surface area contributed by atoms with Crippen LogP contribution in [-0.2, 0) is 21.3 Å². The van der Waals surface area contributed by atoms with Gasteiger partial charge in [0.15, 0.2) is 0 Å². The first-order chi connectivity index (χ1) is 17.4. The van der Waals surface area contributed by atoms with Crippen LogP contribution >= 0.6 is 11.6 Å². The third kappa shape index (κ3) is 6.08. The monoisotopic (exact) mass is 509 g/mol. The van der Waals surface area contributed by atoms with Crippen molar-refractivity contribution in [3.8, 4) is 11.1 Å². The second kappa shape index (κ2) is 11.6. The van der Waals surface area contributed by atoms with Crippen LogP contribution in [0.4, 0.5) is 10.6 Å². The minimum Gasteiger partial charge on any atom is -0.469 e. The van der Waals surface area contributed by atoms with Gasteiger partial charge in [0.1, 0.15) is 11.9 Å². The standard InChI is InChI=1S/C28H32ClN3O4/c1-18(23-6-4-5-7-25(23)29)36-28(34)31-27-24(17-30-32(27)2)22-14-12-21(13-15-22)20-10-8-19(9-11-20)16-26(33)35-3/h4-7,12-15,17-20H,8-11,16H2,1-3H3,(H,31,34). The normalized spacial score (nSPS) is 18.3. The lowest BCUT2D eigenvalue weighted by molar-refractivity contribution is -0.142. The van der Waals surface area contributed by atoms with Crippen molar-refractivity contribution < 1.29 is 19.1 Å². The number of carbonyl (C=O) groups is 2. The van der Waals surface area contributed by atoms with E-state index in [1.54, 1.807) is 30.9 Å². The number of carbonyl (C=O) groups excluding carboxylic acids is 2. The maximum Gasteiger partial charge on any atom is 0.413 e. The van der Waals surface area contributed by atoms with Gasteiger partial charge in [-0.1, -0.05) is 54.1 Å². The summed E-state index contributed by atoms with van der Waals surface area (Å²) in [6.07, 6.45) is 5.37. The molecule has 0 saturated heterocycles. The molecule has 1 aliphatic carbocycles. The fourth-order valence-electron chi connectivity index (χ4n) is 4.91. The summed E-state index contributed by atoms with van der Waals surface area (Å²) in [5.74, 6) is 1.34. The van der Waals surface area contributed by atoms with Crippen LogP contribution in [0.25, 0.3) is 11.1 Å². The predicted molar refractivity (Wildman–Crippen MR) is 140 cm³/mol. The van der Waals surface area contributed by atoms with Gasteiger partial charge >= 0.3 is 12.1 Å². The van der Waals surface area contributed by atoms with Gasteiger partial charge in [0.25, 0.3) is 0 Å². The number of amides is 1. The van der Waals surface area contributed by atoms with Crippen molar-refractivity contribution in [2.24, 2.45) is 13.0 Å². The molecule has 1 aromatic heterocycles. The molecular weight excluding hydrogens is 478 g/mol. The minimum atomic E-state index is -0.576. The summed E-state index contributed by atoms with van der Waals surface area (Å²) < 4.78 is 12.0. The Bertz CT molecular complexity index is 1200. The highest BCUT2D eigenvalue weighted by Gasteiger charge is 2.25. The molecule has 1 saturated carbocycles. The van der Waals surface area contributed by atoms with Crippen molar-refractivity contribution in [1.82, 2.24) is 9.78 Å². The molecule has 0 spiro atoms. The van der Waals surface area contributed by atoms with Crippen molar-refractivity contribution in [3.63, 3.8) is 0 Å². The molecule has 36 heavy (non-hydrogen) atoms. The highest BCUT2D eigenvalue weighted by molar-refractivity contribution is 6.31. The van der Waals surface area contributed by atoms with Crippen LogP contribution in [0.1, 0.15) is 62.2 Å². The molecule has 8 heteroatoms. The van der Waals surface area contributed by atoms with Crippen molar-refractivity contribution in [2.75, 3.05) is 12.4 Å². The van der Waals surface area contributed by atoms with Gasteiger partial charge in [-0.25, -0.2) is 4.79 Å². The Morgan fingerprint density at radius 2 is 1.81 bits per heavy atom. The van der Waals surface area contributed by atoms with Crippen LogP contribution in [0.15, 0.2) is 54.7 Å². The summed E-state index contributed by atoms with van der Waals surface area (Å²) in [6, 6.07) is 15.7. The van der Waals surface area contributed by atoms with Gasteiger partial charge in [0.2, 0.25) is 0 Å². The number of halogens is 1. The fraction of sp³-hybridized carbons (Fsp3) is 0.393. The zero-order valence-corrected chi connectivity index (χ0v) is 21.6. The Labute approximate surface area is 216 Å². The largest absolute Gasteiger partial charge is 0.469 e. The Morgan fingerprint density at radius 1 is 1.11 bits per heavy atom. The fourth-order valence-corrected chi connectivity index (χ4v) is 5.20. The topological polar surface area (TPSA) is 82.5 Å². The van der Waals surface area contributed by atoms with E-state index >= 15 is 0 Å². The maximum atomic E-state index is 12.7. The summed E-state index contributed by atoms with van der Waals surface area (Å²) in [6.45, 7) is 1.78. The first-order valence-electron chi connectivity index (χ1n) is 12.3. The van der Waals surface area contributed by atoms with Crippen LogP contribution in [0, 0.1) is 5.92 Å². The number of nitrogens with zero attached hydrogens (tertiary/aromatic N) is 2. The van der Waals surface area contributed by atoms with Crippen molar-refractivity contribution in [3.05, 3.63) is 70.9 Å². The molecule has 1 aliphatic rings. The Balaban J connectivity index is 1.40. The van der Waals surface area contributed by atoms with Crippen LogP contribution in [0.5, 0.6) is 0 Å². The number of aryl methyl sites for hydroxylation is 1. The summed E-state index contributed by atoms with van der Waals surface area (Å²) in [7, 11) is 3.22. The number of benzene rings is 2. The summed E-state index contributed by atoms with van der Waals surface area (Å²) >= 11 is 6.23. The summed E-state index contributed by atoms with van der Waals surface area (Å²) in [5, 5.41) is 7.73. The molecule has 0 aliphatic heterocycles. The average Bonchev–Trinajstić information content (AvgIpc) is 3.24. The van der Waals surface area contributed by atoms with E-state index < -0.39 is 12.2 Å². The van der Waals surface area contributed by atoms with Crippen molar-refractivity contribution >= 4 is 29.5 Å². The lowest BCUT2D eigenvalue weighted by atomic mass is 9.77. The number of hydrogen-bond acceptors (Lipinski definition) is 5. The van der Waals surface area contributed by atoms with Crippen molar-refractivity contribution in [1.29, 1.82) is 0 Å². The summed E-state index contributed by atoms with van der Waals surface area (Å²) in [4.78, 5) is 24.2. The molecule has 1 fully saturated rings. The van der Waals surface area contributed by atoms with Crippen LogP contribution < -0.4 is 5.32 Å².